The van der Waals surface area contributed by atoms with E-state index in [1.165, 1.54) is 16.7 Å². The van der Waals surface area contributed by atoms with E-state index in [2.05, 4.69) is 57.2 Å². The first-order valence-corrected chi connectivity index (χ1v) is 9.58. The number of hydrogen-bond acceptors (Lipinski definition) is 3. The van der Waals surface area contributed by atoms with E-state index in [9.17, 15) is 0 Å². The summed E-state index contributed by atoms with van der Waals surface area (Å²) in [6, 6.07) is 15.3. The largest absolute Gasteiger partial charge is 0.486 e. The molecule has 0 spiro atoms. The zero-order chi connectivity index (χ0) is 17.0. The molecule has 2 aromatic rings. The first kappa shape index (κ1) is 17.2. The average molecular weight is 343 g/mol. The lowest BCUT2D eigenvalue weighted by molar-refractivity contribution is 0.171. The summed E-state index contributed by atoms with van der Waals surface area (Å²) in [5.74, 6) is 2.82. The van der Waals surface area contributed by atoms with Crippen molar-refractivity contribution in [3.63, 3.8) is 0 Å². The quantitative estimate of drug-likeness (QED) is 0.737. The standard InChI is InChI=1S/C21H26O2S/c1-21(2,3)24-15-18-8-5-16(6-9-18)4-7-17-10-11-19-20(14-17)23-13-12-22-19/h5-6,8-11,14H,4,7,12-13,15H2,1-3H3. The summed E-state index contributed by atoms with van der Waals surface area (Å²) in [5.41, 5.74) is 4.08. The van der Waals surface area contributed by atoms with Crippen molar-refractivity contribution in [2.45, 2.75) is 44.1 Å². The van der Waals surface area contributed by atoms with Crippen LogP contribution in [0, 0.1) is 0 Å². The highest BCUT2D eigenvalue weighted by Crippen LogP contribution is 2.31. The number of aryl methyl sites for hydroxylation is 2. The molecule has 0 radical (unpaired) electrons. The van der Waals surface area contributed by atoms with E-state index in [1.54, 1.807) is 0 Å². The number of hydrogen-bond donors (Lipinski definition) is 0. The van der Waals surface area contributed by atoms with Gasteiger partial charge in [-0.15, -0.1) is 0 Å². The molecule has 1 aliphatic heterocycles. The fourth-order valence-electron chi connectivity index (χ4n) is 2.63. The minimum Gasteiger partial charge on any atom is -0.486 e. The van der Waals surface area contributed by atoms with Crippen molar-refractivity contribution in [3.05, 3.63) is 59.2 Å². The molecule has 1 heterocycles. The number of fused-ring (bicyclic) bond motifs is 1. The number of thioether (sulfide) groups is 1. The van der Waals surface area contributed by atoms with Crippen molar-refractivity contribution in [2.75, 3.05) is 13.2 Å². The second-order valence-electron chi connectivity index (χ2n) is 7.20. The summed E-state index contributed by atoms with van der Waals surface area (Å²) in [5, 5.41) is 0. The Morgan fingerprint density at radius 1 is 0.792 bits per heavy atom. The van der Waals surface area contributed by atoms with E-state index >= 15 is 0 Å². The predicted molar refractivity (Wildman–Crippen MR) is 102 cm³/mol. The Kier molecular flexibility index (Phi) is 5.40. The molecule has 2 aromatic carbocycles. The van der Waals surface area contributed by atoms with Gasteiger partial charge in [0.2, 0.25) is 0 Å². The lowest BCUT2D eigenvalue weighted by Gasteiger charge is -2.19. The minimum absolute atomic E-state index is 0.316. The maximum Gasteiger partial charge on any atom is 0.161 e. The Labute approximate surface area is 149 Å². The topological polar surface area (TPSA) is 18.5 Å². The van der Waals surface area contributed by atoms with Crippen LogP contribution in [0.5, 0.6) is 11.5 Å². The van der Waals surface area contributed by atoms with Crippen molar-refractivity contribution in [3.8, 4) is 11.5 Å². The fourth-order valence-corrected chi connectivity index (χ4v) is 3.43. The van der Waals surface area contributed by atoms with E-state index in [0.717, 1.165) is 30.1 Å². The van der Waals surface area contributed by atoms with Crippen LogP contribution in [0.15, 0.2) is 42.5 Å². The summed E-state index contributed by atoms with van der Waals surface area (Å²) in [6.07, 6.45) is 2.07. The maximum absolute atomic E-state index is 5.66. The van der Waals surface area contributed by atoms with Crippen LogP contribution < -0.4 is 9.47 Å². The van der Waals surface area contributed by atoms with Gasteiger partial charge < -0.3 is 9.47 Å². The highest BCUT2D eigenvalue weighted by molar-refractivity contribution is 7.99. The molecule has 1 aliphatic rings. The van der Waals surface area contributed by atoms with Crippen molar-refractivity contribution in [2.24, 2.45) is 0 Å². The molecule has 3 heteroatoms. The summed E-state index contributed by atoms with van der Waals surface area (Å²) in [4.78, 5) is 0. The van der Waals surface area contributed by atoms with Gasteiger partial charge >= 0.3 is 0 Å². The first-order valence-electron chi connectivity index (χ1n) is 8.60. The van der Waals surface area contributed by atoms with E-state index < -0.39 is 0 Å². The van der Waals surface area contributed by atoms with Crippen LogP contribution in [0.1, 0.15) is 37.5 Å². The van der Waals surface area contributed by atoms with E-state index in [-0.39, 0.29) is 0 Å². The van der Waals surface area contributed by atoms with Crippen LogP contribution in [0.2, 0.25) is 0 Å². The third-order valence-corrected chi connectivity index (χ3v) is 5.35. The molecule has 0 amide bonds. The van der Waals surface area contributed by atoms with Crippen LogP contribution in [-0.2, 0) is 18.6 Å². The normalized spacial score (nSPS) is 13.8. The lowest BCUT2D eigenvalue weighted by Crippen LogP contribution is -2.15. The van der Waals surface area contributed by atoms with Crippen LogP contribution in [0.4, 0.5) is 0 Å². The van der Waals surface area contributed by atoms with Gasteiger partial charge in [0.25, 0.3) is 0 Å². The predicted octanol–water partition coefficient (Wildman–Crippen LogP) is 5.27. The van der Waals surface area contributed by atoms with Gasteiger partial charge in [-0.05, 0) is 41.7 Å². The molecular formula is C21H26O2S. The Hall–Kier alpha value is -1.61. The van der Waals surface area contributed by atoms with Crippen LogP contribution >= 0.6 is 11.8 Å². The fraction of sp³-hybridized carbons (Fsp3) is 0.429. The number of rotatable bonds is 5. The third kappa shape index (κ3) is 4.94. The van der Waals surface area contributed by atoms with Gasteiger partial charge in [0.15, 0.2) is 11.5 Å². The Balaban J connectivity index is 1.55. The smallest absolute Gasteiger partial charge is 0.161 e. The molecule has 0 saturated carbocycles. The van der Waals surface area contributed by atoms with E-state index in [1.807, 2.05) is 17.8 Å². The molecule has 0 aromatic heterocycles. The van der Waals surface area contributed by atoms with Crippen LogP contribution in [0.25, 0.3) is 0 Å². The zero-order valence-electron chi connectivity index (χ0n) is 14.8. The minimum atomic E-state index is 0.316. The lowest BCUT2D eigenvalue weighted by atomic mass is 10.0. The van der Waals surface area contributed by atoms with Crippen LogP contribution in [0.3, 0.4) is 0 Å². The van der Waals surface area contributed by atoms with Gasteiger partial charge in [-0.3, -0.25) is 0 Å². The number of benzene rings is 2. The van der Waals surface area contributed by atoms with Crippen molar-refractivity contribution < 1.29 is 9.47 Å². The third-order valence-electron chi connectivity index (χ3n) is 4.00. The SMILES string of the molecule is CC(C)(C)SCc1ccc(CCc2ccc3c(c2)OCCO3)cc1. The zero-order valence-corrected chi connectivity index (χ0v) is 15.6. The highest BCUT2D eigenvalue weighted by atomic mass is 32.2. The van der Waals surface area contributed by atoms with Crippen molar-refractivity contribution in [1.29, 1.82) is 0 Å². The Bertz CT molecular complexity index is 671. The van der Waals surface area contributed by atoms with Crippen molar-refractivity contribution in [1.82, 2.24) is 0 Å². The van der Waals surface area contributed by atoms with Gasteiger partial charge in [-0.25, -0.2) is 0 Å². The van der Waals surface area contributed by atoms with Gasteiger partial charge in [-0.2, -0.15) is 11.8 Å². The monoisotopic (exact) mass is 342 g/mol. The molecule has 3 rings (SSSR count). The second-order valence-corrected chi connectivity index (χ2v) is 9.00. The molecule has 0 fully saturated rings. The van der Waals surface area contributed by atoms with Crippen molar-refractivity contribution >= 4 is 11.8 Å². The van der Waals surface area contributed by atoms with E-state index in [0.29, 0.717) is 18.0 Å². The molecule has 0 N–H and O–H groups in total. The Morgan fingerprint density at radius 2 is 1.38 bits per heavy atom. The molecule has 24 heavy (non-hydrogen) atoms. The first-order chi connectivity index (χ1) is 11.5. The molecule has 128 valence electrons. The van der Waals surface area contributed by atoms with Gasteiger partial charge in [0.1, 0.15) is 13.2 Å². The summed E-state index contributed by atoms with van der Waals surface area (Å²) >= 11 is 1.99. The van der Waals surface area contributed by atoms with Crippen LogP contribution in [-0.4, -0.2) is 18.0 Å². The van der Waals surface area contributed by atoms with Gasteiger partial charge in [0.05, 0.1) is 0 Å². The Morgan fingerprint density at radius 3 is 2.08 bits per heavy atom. The molecular weight excluding hydrogens is 316 g/mol. The number of ether oxygens (including phenoxy) is 2. The maximum atomic E-state index is 5.66. The van der Waals surface area contributed by atoms with Gasteiger partial charge in [-0.1, -0.05) is 51.1 Å². The highest BCUT2D eigenvalue weighted by Gasteiger charge is 2.12. The molecule has 0 atom stereocenters. The molecule has 0 unspecified atom stereocenters. The van der Waals surface area contributed by atoms with Gasteiger partial charge in [0, 0.05) is 10.5 Å². The second kappa shape index (κ2) is 7.52. The summed E-state index contributed by atoms with van der Waals surface area (Å²) < 4.78 is 11.5. The average Bonchev–Trinajstić information content (AvgIpc) is 2.58. The molecule has 0 saturated heterocycles. The molecule has 0 bridgehead atoms. The summed E-state index contributed by atoms with van der Waals surface area (Å²) in [7, 11) is 0. The summed E-state index contributed by atoms with van der Waals surface area (Å²) in [6.45, 7) is 8.08. The molecule has 2 nitrogen and oxygen atoms in total. The molecule has 0 aliphatic carbocycles. The van der Waals surface area contributed by atoms with E-state index in [4.69, 9.17) is 9.47 Å².